The number of halogens is 1. The molecule has 0 aliphatic carbocycles. The van der Waals surface area contributed by atoms with Crippen LogP contribution in [0.25, 0.3) is 0 Å². The van der Waals surface area contributed by atoms with Crippen LogP contribution in [-0.2, 0) is 59.9 Å². The summed E-state index contributed by atoms with van der Waals surface area (Å²) in [5.41, 5.74) is 10.2. The van der Waals surface area contributed by atoms with E-state index in [-0.39, 0.29) is 42.3 Å². The van der Waals surface area contributed by atoms with E-state index in [0.717, 1.165) is 136 Å². The first-order chi connectivity index (χ1) is 43.7. The number of esters is 2. The van der Waals surface area contributed by atoms with Crippen molar-refractivity contribution < 1.29 is 48.2 Å². The number of carbonyl (C=O) groups is 2. The van der Waals surface area contributed by atoms with Crippen LogP contribution in [0.5, 0.6) is 0 Å². The van der Waals surface area contributed by atoms with E-state index >= 15 is 0 Å². The quantitative estimate of drug-likeness (QED) is 0.0248. The second-order valence-electron chi connectivity index (χ2n) is 24.5. The number of ether oxygens (including phenoxy) is 2. The molecule has 3 atom stereocenters. The van der Waals surface area contributed by atoms with Gasteiger partial charge in [0.15, 0.2) is 0 Å². The van der Waals surface area contributed by atoms with Gasteiger partial charge in [0, 0.05) is 65.8 Å². The number of piperidine rings is 4. The zero-order valence-corrected chi connectivity index (χ0v) is 56.0. The van der Waals surface area contributed by atoms with Gasteiger partial charge in [0.25, 0.3) is 0 Å². The van der Waals surface area contributed by atoms with Gasteiger partial charge in [-0.05, 0) is 202 Å². The number of unbranched alkanes of at least 4 members (excludes halogenated alkanes) is 1. The van der Waals surface area contributed by atoms with Gasteiger partial charge >= 0.3 is 11.9 Å². The van der Waals surface area contributed by atoms with E-state index < -0.39 is 0 Å². The topological polar surface area (TPSA) is 138 Å². The Bertz CT molecular complexity index is 2600. The Labute approximate surface area is 540 Å². The van der Waals surface area contributed by atoms with E-state index in [0.29, 0.717) is 29.9 Å². The average molecular weight is 1250 g/mol. The Hall–Kier alpha value is -5.47. The van der Waals surface area contributed by atoms with Crippen LogP contribution < -0.4 is 5.48 Å². The van der Waals surface area contributed by atoms with Crippen molar-refractivity contribution in [2.75, 3.05) is 86.2 Å². The summed E-state index contributed by atoms with van der Waals surface area (Å²) in [6, 6.07) is 46.3. The number of benzene rings is 5. The van der Waals surface area contributed by atoms with Crippen molar-refractivity contribution in [2.45, 2.75) is 176 Å². The Morgan fingerprint density at radius 3 is 1.54 bits per heavy atom. The number of hydroxylamine groups is 1. The van der Waals surface area contributed by atoms with Crippen LogP contribution in [0.15, 0.2) is 140 Å². The van der Waals surface area contributed by atoms with E-state index in [1.165, 1.54) is 80.6 Å². The lowest BCUT2D eigenvalue weighted by atomic mass is 9.89. The van der Waals surface area contributed by atoms with Crippen molar-refractivity contribution in [3.8, 4) is 0 Å². The van der Waals surface area contributed by atoms with Crippen LogP contribution in [0.3, 0.4) is 0 Å². The van der Waals surface area contributed by atoms with E-state index in [2.05, 4.69) is 167 Å². The largest absolute Gasteiger partial charge is 0.465 e. The monoisotopic (exact) mass is 1250 g/mol. The number of methoxy groups -OCH3 is 1. The highest BCUT2D eigenvalue weighted by Gasteiger charge is 2.28. The van der Waals surface area contributed by atoms with E-state index in [4.69, 9.17) is 29.3 Å². The highest BCUT2D eigenvalue weighted by atomic mass is 19.1. The lowest BCUT2D eigenvalue weighted by Crippen LogP contribution is -2.43. The number of rotatable bonds is 25. The van der Waals surface area contributed by atoms with E-state index in [1.54, 1.807) is 0 Å². The Morgan fingerprint density at radius 1 is 0.611 bits per heavy atom. The zero-order valence-electron chi connectivity index (χ0n) is 56.0. The summed E-state index contributed by atoms with van der Waals surface area (Å²) in [7, 11) is 3.59. The first kappa shape index (κ1) is 75.3. The van der Waals surface area contributed by atoms with Crippen molar-refractivity contribution in [3.63, 3.8) is 0 Å². The second-order valence-corrected chi connectivity index (χ2v) is 24.5. The zero-order chi connectivity index (χ0) is 64.7. The fourth-order valence-corrected chi connectivity index (χ4v) is 11.8. The maximum absolute atomic E-state index is 12.8. The van der Waals surface area contributed by atoms with E-state index in [9.17, 15) is 14.0 Å². The van der Waals surface area contributed by atoms with Gasteiger partial charge in [-0.25, -0.2) is 29.3 Å². The van der Waals surface area contributed by atoms with Gasteiger partial charge in [0.1, 0.15) is 18.1 Å². The normalized spacial score (nSPS) is 17.6. The third-order valence-corrected chi connectivity index (χ3v) is 17.4. The molecule has 9 rings (SSSR count). The Balaban J connectivity index is 0.000000207. The molecule has 15 nitrogen and oxygen atoms in total. The summed E-state index contributed by atoms with van der Waals surface area (Å²) in [6.45, 7) is 29.0. The molecule has 0 radical (unpaired) electrons. The van der Waals surface area contributed by atoms with Crippen molar-refractivity contribution in [1.29, 1.82) is 0 Å². The third-order valence-electron chi connectivity index (χ3n) is 17.4. The van der Waals surface area contributed by atoms with Gasteiger partial charge in [0.2, 0.25) is 0 Å². The number of likely N-dealkylation sites (tertiary alicyclic amines) is 4. The lowest BCUT2D eigenvalue weighted by Gasteiger charge is -2.35. The molecule has 4 heterocycles. The third kappa shape index (κ3) is 29.9. The van der Waals surface area contributed by atoms with Gasteiger partial charge < -0.3 is 14.4 Å². The minimum atomic E-state index is -0.281. The standard InChI is InChI=1S/C18H28N2O3.C16H25NO2.C14H20FNO2.C14H19NO2.C12H19N/c1-4-11-19-23-14(2)20-12-9-16(10-13-20)15-5-7-17(8-6-15)18(21)22-3;1-3-18-19-14(2)16-9-11-17(12-10-16)13-15-7-5-4-6-8-15;1-11(18-17)13-6-8-16(9-7-13)10-12-2-4-14(15)5-3-12;1-12(16)17-14-7-9-15(10-8-14)11-13-5-3-2-4-6-13;1-3-4-10-13(2)11-12-8-6-5-7-9-12/h5-8,14,16,19H,4,9-13H2,1-3H3;4-8,14,16H,3,9-13H2,1-2H3;2-5,11,13,17H,6-10H2,1H3;2-6,14H,7-11H2,1H3;5-9H,3-4,10-11H2,1-2H3. The predicted octanol–water partition coefficient (Wildman–Crippen LogP) is 14.2. The molecule has 4 saturated heterocycles. The van der Waals surface area contributed by atoms with Crippen molar-refractivity contribution >= 4 is 11.9 Å². The van der Waals surface area contributed by atoms with Crippen LogP contribution in [0.4, 0.5) is 4.39 Å². The van der Waals surface area contributed by atoms with Crippen molar-refractivity contribution in [1.82, 2.24) is 30.0 Å². The fraction of sp³-hybridized carbons (Fsp3) is 0.568. The molecular formula is C74H111FN6O9. The van der Waals surface area contributed by atoms with Crippen LogP contribution in [0.2, 0.25) is 0 Å². The Kier molecular flexibility index (Phi) is 36.9. The number of carbonyl (C=O) groups excluding carboxylic acids is 2. The van der Waals surface area contributed by atoms with E-state index in [1.807, 2.05) is 44.2 Å². The molecule has 0 bridgehead atoms. The minimum Gasteiger partial charge on any atom is -0.465 e. The van der Waals surface area contributed by atoms with Gasteiger partial charge in [0.05, 0.1) is 31.5 Å². The SMILES string of the molecule is CC(=O)OC1CCN(Cc2ccccc2)CC1.CC(OO)C1CCN(Cc2ccc(F)cc2)CC1.CCCCN(C)Cc1ccccc1.CCCNOC(C)N1CCC(c2ccc(C(=O)OC)cc2)CC1.CCOOC(C)C1CCN(Cc2ccccc2)CC1. The summed E-state index contributed by atoms with van der Waals surface area (Å²) in [4.78, 5) is 54.8. The number of nitrogens with zero attached hydrogens (tertiary/aromatic N) is 5. The number of hydrogen-bond acceptors (Lipinski definition) is 15. The van der Waals surface area contributed by atoms with Crippen LogP contribution in [0, 0.1) is 17.7 Å². The van der Waals surface area contributed by atoms with Crippen LogP contribution in [0.1, 0.15) is 163 Å². The summed E-state index contributed by atoms with van der Waals surface area (Å²) in [5.74, 6) is 0.974. The smallest absolute Gasteiger partial charge is 0.337 e. The van der Waals surface area contributed by atoms with Crippen LogP contribution >= 0.6 is 0 Å². The molecule has 0 aromatic heterocycles. The van der Waals surface area contributed by atoms with Gasteiger partial charge in [-0.2, -0.15) is 0 Å². The highest BCUT2D eigenvalue weighted by molar-refractivity contribution is 5.89. The van der Waals surface area contributed by atoms with Crippen molar-refractivity contribution in [2.24, 2.45) is 11.8 Å². The molecule has 0 amide bonds. The summed E-state index contributed by atoms with van der Waals surface area (Å²) < 4.78 is 22.8. The first-order valence-corrected chi connectivity index (χ1v) is 33.5. The summed E-state index contributed by atoms with van der Waals surface area (Å²) >= 11 is 0. The van der Waals surface area contributed by atoms with Gasteiger partial charge in [-0.15, -0.1) is 0 Å². The molecule has 4 aliphatic rings. The summed E-state index contributed by atoms with van der Waals surface area (Å²) in [6.07, 6.45) is 12.6. The maximum atomic E-state index is 12.8. The predicted molar refractivity (Wildman–Crippen MR) is 359 cm³/mol. The molecule has 0 spiro atoms. The summed E-state index contributed by atoms with van der Waals surface area (Å²) in [5, 5.41) is 8.67. The first-order valence-electron chi connectivity index (χ1n) is 33.5. The van der Waals surface area contributed by atoms with Gasteiger partial charge in [-0.1, -0.05) is 136 Å². The number of hydrogen-bond donors (Lipinski definition) is 2. The molecule has 498 valence electrons. The molecule has 0 saturated carbocycles. The van der Waals surface area contributed by atoms with Crippen molar-refractivity contribution in [3.05, 3.63) is 179 Å². The van der Waals surface area contributed by atoms with Crippen LogP contribution in [-0.4, -0.2) is 152 Å². The number of nitrogens with one attached hydrogen (secondary N) is 1. The lowest BCUT2D eigenvalue weighted by molar-refractivity contribution is -0.328. The Morgan fingerprint density at radius 2 is 1.09 bits per heavy atom. The maximum Gasteiger partial charge on any atom is 0.337 e. The highest BCUT2D eigenvalue weighted by Crippen LogP contribution is 2.30. The molecule has 5 aromatic rings. The molecule has 4 fully saturated rings. The minimum absolute atomic E-state index is 0.0852. The molecule has 5 aromatic carbocycles. The second kappa shape index (κ2) is 44.1. The molecule has 4 aliphatic heterocycles. The molecular weight excluding hydrogens is 1140 g/mol. The fourth-order valence-electron chi connectivity index (χ4n) is 11.8. The molecule has 16 heteroatoms. The van der Waals surface area contributed by atoms with Gasteiger partial charge in [-0.3, -0.25) is 34.5 Å². The molecule has 2 N–H and O–H groups in total. The molecule has 90 heavy (non-hydrogen) atoms. The average Bonchev–Trinajstić information content (AvgIpc) is 3.39. The molecule has 3 unspecified atom stereocenters.